The van der Waals surface area contributed by atoms with Gasteiger partial charge in [-0.3, -0.25) is 0 Å². The predicted molar refractivity (Wildman–Crippen MR) is 75.2 cm³/mol. The molecule has 0 aliphatic heterocycles. The lowest BCUT2D eigenvalue weighted by Crippen LogP contribution is -2.34. The molecule has 0 atom stereocenters. The zero-order chi connectivity index (χ0) is 16.0. The first-order valence-electron chi connectivity index (χ1n) is 6.87. The Hall–Kier alpha value is -2.12. The van der Waals surface area contributed by atoms with Crippen LogP contribution in [0.15, 0.2) is 0 Å². The molecule has 0 aromatic carbocycles. The van der Waals surface area contributed by atoms with Crippen molar-refractivity contribution in [3.8, 4) is 0 Å². The number of nitrogens with zero attached hydrogens (tertiary/aromatic N) is 3. The van der Waals surface area contributed by atoms with Crippen LogP contribution in [-0.4, -0.2) is 44.3 Å². The van der Waals surface area contributed by atoms with E-state index in [1.54, 1.807) is 25.5 Å². The quantitative estimate of drug-likeness (QED) is 0.823. The van der Waals surface area contributed by atoms with Crippen molar-refractivity contribution in [3.63, 3.8) is 0 Å². The van der Waals surface area contributed by atoms with Gasteiger partial charge in [-0.1, -0.05) is 12.1 Å². The molecule has 0 fully saturated rings. The second-order valence-corrected chi connectivity index (χ2v) is 5.59. The van der Waals surface area contributed by atoms with E-state index in [1.165, 1.54) is 0 Å². The van der Waals surface area contributed by atoms with Crippen LogP contribution in [-0.2, 0) is 17.7 Å². The van der Waals surface area contributed by atoms with Gasteiger partial charge in [-0.05, 0) is 27.2 Å². The molecule has 8 nitrogen and oxygen atoms in total. The van der Waals surface area contributed by atoms with Crippen molar-refractivity contribution >= 4 is 12.1 Å². The lowest BCUT2D eigenvalue weighted by atomic mass is 10.2. The van der Waals surface area contributed by atoms with Crippen LogP contribution in [0.3, 0.4) is 0 Å². The maximum Gasteiger partial charge on any atom is 0.407 e. The second-order valence-electron chi connectivity index (χ2n) is 5.59. The molecule has 118 valence electrons. The molecule has 0 saturated carbocycles. The Morgan fingerprint density at radius 2 is 2.05 bits per heavy atom. The molecule has 8 heteroatoms. The third-order valence-electron chi connectivity index (χ3n) is 2.51. The number of rotatable bonds is 6. The molecule has 2 N–H and O–H groups in total. The van der Waals surface area contributed by atoms with Crippen molar-refractivity contribution in [3.05, 3.63) is 11.4 Å². The standard InChI is InChI=1S/C13H22N4O4/c1-5-8-17-9(10(11(18)19)15-16-17)6-7-14-12(20)21-13(2,3)4/h5-8H2,1-4H3,(H,14,20)(H,18,19). The molecule has 21 heavy (non-hydrogen) atoms. The molecule has 1 heterocycles. The Kier molecular flexibility index (Phi) is 5.69. The Morgan fingerprint density at radius 1 is 1.38 bits per heavy atom. The molecule has 0 aliphatic carbocycles. The van der Waals surface area contributed by atoms with Gasteiger partial charge in [0.1, 0.15) is 5.60 Å². The number of amides is 1. The van der Waals surface area contributed by atoms with Crippen LogP contribution in [0, 0.1) is 0 Å². The van der Waals surface area contributed by atoms with Crippen molar-refractivity contribution in [1.82, 2.24) is 20.3 Å². The van der Waals surface area contributed by atoms with Crippen LogP contribution < -0.4 is 5.32 Å². The van der Waals surface area contributed by atoms with Crippen LogP contribution in [0.4, 0.5) is 4.79 Å². The lowest BCUT2D eigenvalue weighted by Gasteiger charge is -2.19. The molecule has 0 unspecified atom stereocenters. The third kappa shape index (κ3) is 5.41. The van der Waals surface area contributed by atoms with E-state index < -0.39 is 17.7 Å². The van der Waals surface area contributed by atoms with E-state index in [4.69, 9.17) is 9.84 Å². The molecule has 1 amide bonds. The molecule has 0 radical (unpaired) electrons. The normalized spacial score (nSPS) is 11.2. The average Bonchev–Trinajstić information content (AvgIpc) is 2.71. The summed E-state index contributed by atoms with van der Waals surface area (Å²) < 4.78 is 6.66. The van der Waals surface area contributed by atoms with E-state index in [2.05, 4.69) is 15.6 Å². The highest BCUT2D eigenvalue weighted by molar-refractivity contribution is 5.86. The van der Waals surface area contributed by atoms with E-state index in [1.807, 2.05) is 6.92 Å². The number of aromatic nitrogens is 3. The lowest BCUT2D eigenvalue weighted by molar-refractivity contribution is 0.0528. The van der Waals surface area contributed by atoms with Crippen LogP contribution >= 0.6 is 0 Å². The minimum Gasteiger partial charge on any atom is -0.476 e. The molecular weight excluding hydrogens is 276 g/mol. The minimum absolute atomic E-state index is 0.0746. The first kappa shape index (κ1) is 16.9. The second kappa shape index (κ2) is 7.05. The molecule has 0 aliphatic rings. The van der Waals surface area contributed by atoms with E-state index in [9.17, 15) is 9.59 Å². The van der Waals surface area contributed by atoms with E-state index in [0.717, 1.165) is 6.42 Å². The Bertz CT molecular complexity index is 505. The Balaban J connectivity index is 2.64. The smallest absolute Gasteiger partial charge is 0.407 e. The van der Waals surface area contributed by atoms with Gasteiger partial charge in [-0.25, -0.2) is 14.3 Å². The van der Waals surface area contributed by atoms with Gasteiger partial charge >= 0.3 is 12.1 Å². The Labute approximate surface area is 123 Å². The maximum absolute atomic E-state index is 11.5. The van der Waals surface area contributed by atoms with Crippen molar-refractivity contribution in [2.24, 2.45) is 0 Å². The number of carbonyl (C=O) groups is 2. The van der Waals surface area contributed by atoms with Crippen molar-refractivity contribution < 1.29 is 19.4 Å². The summed E-state index contributed by atoms with van der Waals surface area (Å²) in [6.07, 6.45) is 0.608. The number of ether oxygens (including phenoxy) is 1. The van der Waals surface area contributed by atoms with Gasteiger partial charge in [0, 0.05) is 19.5 Å². The SMILES string of the molecule is CCCn1nnc(C(=O)O)c1CCNC(=O)OC(C)(C)C. The van der Waals surface area contributed by atoms with Crippen molar-refractivity contribution in [1.29, 1.82) is 0 Å². The summed E-state index contributed by atoms with van der Waals surface area (Å²) in [5, 5.41) is 19.2. The van der Waals surface area contributed by atoms with Gasteiger partial charge < -0.3 is 15.2 Å². The average molecular weight is 298 g/mol. The van der Waals surface area contributed by atoms with Gasteiger partial charge in [-0.15, -0.1) is 5.10 Å². The fourth-order valence-corrected chi connectivity index (χ4v) is 1.73. The zero-order valence-corrected chi connectivity index (χ0v) is 12.8. The van der Waals surface area contributed by atoms with E-state index in [0.29, 0.717) is 18.7 Å². The molecule has 1 rings (SSSR count). The predicted octanol–water partition coefficient (Wildman–Crippen LogP) is 1.45. The first-order valence-corrected chi connectivity index (χ1v) is 6.87. The fraction of sp³-hybridized carbons (Fsp3) is 0.692. The molecular formula is C13H22N4O4. The van der Waals surface area contributed by atoms with Crippen LogP contribution in [0.2, 0.25) is 0 Å². The highest BCUT2D eigenvalue weighted by Gasteiger charge is 2.19. The number of aromatic carboxylic acids is 1. The van der Waals surface area contributed by atoms with Gasteiger partial charge in [0.05, 0.1) is 5.69 Å². The summed E-state index contributed by atoms with van der Waals surface area (Å²) in [7, 11) is 0. The molecule has 1 aromatic rings. The number of carboxylic acids is 1. The summed E-state index contributed by atoms with van der Waals surface area (Å²) in [5.41, 5.74) is -0.142. The summed E-state index contributed by atoms with van der Waals surface area (Å²) >= 11 is 0. The number of nitrogens with one attached hydrogen (secondary N) is 1. The number of carbonyl (C=O) groups excluding carboxylic acids is 1. The summed E-state index contributed by atoms with van der Waals surface area (Å²) in [4.78, 5) is 22.6. The first-order chi connectivity index (χ1) is 9.74. The topological polar surface area (TPSA) is 106 Å². The number of hydrogen-bond acceptors (Lipinski definition) is 5. The molecule has 1 aromatic heterocycles. The zero-order valence-electron chi connectivity index (χ0n) is 12.8. The monoisotopic (exact) mass is 298 g/mol. The number of aryl methyl sites for hydroxylation is 1. The van der Waals surface area contributed by atoms with Crippen LogP contribution in [0.1, 0.15) is 50.3 Å². The minimum atomic E-state index is -1.12. The van der Waals surface area contributed by atoms with Crippen molar-refractivity contribution in [2.75, 3.05) is 6.54 Å². The van der Waals surface area contributed by atoms with E-state index >= 15 is 0 Å². The number of alkyl carbamates (subject to hydrolysis) is 1. The van der Waals surface area contributed by atoms with E-state index in [-0.39, 0.29) is 12.2 Å². The summed E-state index contributed by atoms with van der Waals surface area (Å²) in [6.45, 7) is 8.12. The molecule has 0 saturated heterocycles. The van der Waals surface area contributed by atoms with Crippen molar-refractivity contribution in [2.45, 2.75) is 52.7 Å². The summed E-state index contributed by atoms with van der Waals surface area (Å²) in [6, 6.07) is 0. The third-order valence-corrected chi connectivity index (χ3v) is 2.51. The molecule has 0 bridgehead atoms. The highest BCUT2D eigenvalue weighted by Crippen LogP contribution is 2.08. The van der Waals surface area contributed by atoms with Gasteiger partial charge in [0.2, 0.25) is 0 Å². The van der Waals surface area contributed by atoms with Gasteiger partial charge in [0.25, 0.3) is 0 Å². The summed E-state index contributed by atoms with van der Waals surface area (Å²) in [5.74, 6) is -1.12. The fourth-order valence-electron chi connectivity index (χ4n) is 1.73. The number of hydrogen-bond donors (Lipinski definition) is 2. The highest BCUT2D eigenvalue weighted by atomic mass is 16.6. The van der Waals surface area contributed by atoms with Gasteiger partial charge in [-0.2, -0.15) is 0 Å². The number of carboxylic acid groups (broad SMARTS) is 1. The Morgan fingerprint density at radius 3 is 2.57 bits per heavy atom. The maximum atomic E-state index is 11.5. The van der Waals surface area contributed by atoms with Crippen LogP contribution in [0.25, 0.3) is 0 Å². The van der Waals surface area contributed by atoms with Gasteiger partial charge in [0.15, 0.2) is 5.69 Å². The largest absolute Gasteiger partial charge is 0.476 e. The molecule has 0 spiro atoms. The van der Waals surface area contributed by atoms with Crippen LogP contribution in [0.5, 0.6) is 0 Å².